The third-order valence-corrected chi connectivity index (χ3v) is 4.03. The van der Waals surface area contributed by atoms with E-state index in [0.717, 1.165) is 29.5 Å². The zero-order valence-corrected chi connectivity index (χ0v) is 16.1. The van der Waals surface area contributed by atoms with Crippen LogP contribution >= 0.6 is 12.4 Å². The monoisotopic (exact) mass is 369 g/mol. The Labute approximate surface area is 154 Å². The molecule has 25 heavy (non-hydrogen) atoms. The molecule has 2 rings (SSSR count). The average Bonchev–Trinajstić information content (AvgIpc) is 2.51. The van der Waals surface area contributed by atoms with Gasteiger partial charge in [-0.1, -0.05) is 13.8 Å². The van der Waals surface area contributed by atoms with Crippen molar-refractivity contribution in [1.29, 1.82) is 0 Å². The van der Waals surface area contributed by atoms with Crippen molar-refractivity contribution < 1.29 is 14.3 Å². The van der Waals surface area contributed by atoms with E-state index in [9.17, 15) is 9.90 Å². The van der Waals surface area contributed by atoms with Gasteiger partial charge in [-0.05, 0) is 50.4 Å². The van der Waals surface area contributed by atoms with Crippen molar-refractivity contribution in [3.8, 4) is 5.75 Å². The highest BCUT2D eigenvalue weighted by Crippen LogP contribution is 2.28. The van der Waals surface area contributed by atoms with Crippen LogP contribution in [0.15, 0.2) is 27.4 Å². The van der Waals surface area contributed by atoms with E-state index < -0.39 is 6.10 Å². The molecule has 0 aliphatic carbocycles. The molecular formula is C19H28ClNO4. The molecule has 0 fully saturated rings. The fraction of sp³-hybridized carbons (Fsp3) is 0.526. The first-order chi connectivity index (χ1) is 11.4. The van der Waals surface area contributed by atoms with Crippen molar-refractivity contribution in [2.24, 2.45) is 5.92 Å². The molecule has 0 radical (unpaired) electrons. The number of fused-ring (bicyclic) bond motifs is 1. The fourth-order valence-electron chi connectivity index (χ4n) is 2.56. The quantitative estimate of drug-likeness (QED) is 0.552. The van der Waals surface area contributed by atoms with Crippen molar-refractivity contribution in [3.05, 3.63) is 39.7 Å². The zero-order chi connectivity index (χ0) is 17.7. The number of nitrogens with one attached hydrogen (secondary N) is 1. The molecule has 2 aromatic rings. The Morgan fingerprint density at radius 1 is 1.28 bits per heavy atom. The number of halogens is 1. The molecule has 0 saturated carbocycles. The predicted octanol–water partition coefficient (Wildman–Crippen LogP) is 3.21. The Balaban J connectivity index is 0.00000312. The summed E-state index contributed by atoms with van der Waals surface area (Å²) in [5.41, 5.74) is 1.83. The number of hydrogen-bond acceptors (Lipinski definition) is 5. The van der Waals surface area contributed by atoms with Gasteiger partial charge in [0.05, 0.1) is 0 Å². The molecule has 0 amide bonds. The number of rotatable bonds is 8. The average molecular weight is 370 g/mol. The normalized spacial score (nSPS) is 12.2. The van der Waals surface area contributed by atoms with Gasteiger partial charge < -0.3 is 19.6 Å². The summed E-state index contributed by atoms with van der Waals surface area (Å²) in [5.74, 6) is 1.27. The Kier molecular flexibility index (Phi) is 8.42. The molecule has 1 aromatic carbocycles. The maximum atomic E-state index is 11.6. The molecule has 2 N–H and O–H groups in total. The van der Waals surface area contributed by atoms with E-state index in [1.54, 1.807) is 0 Å². The topological polar surface area (TPSA) is 71.7 Å². The number of aliphatic hydroxyl groups excluding tert-OH is 1. The molecule has 1 atom stereocenters. The van der Waals surface area contributed by atoms with E-state index in [4.69, 9.17) is 9.15 Å². The Bertz CT molecular complexity index is 742. The van der Waals surface area contributed by atoms with Gasteiger partial charge in [-0.2, -0.15) is 0 Å². The van der Waals surface area contributed by atoms with Gasteiger partial charge in [0.1, 0.15) is 24.0 Å². The molecule has 1 heterocycles. The summed E-state index contributed by atoms with van der Waals surface area (Å²) in [5, 5.41) is 14.1. The summed E-state index contributed by atoms with van der Waals surface area (Å²) in [6, 6.07) is 5.21. The van der Waals surface area contributed by atoms with Gasteiger partial charge in [0, 0.05) is 23.6 Å². The lowest BCUT2D eigenvalue weighted by Crippen LogP contribution is -2.32. The summed E-state index contributed by atoms with van der Waals surface area (Å²) in [7, 11) is 0. The molecule has 0 unspecified atom stereocenters. The van der Waals surface area contributed by atoms with Crippen molar-refractivity contribution in [1.82, 2.24) is 5.32 Å². The minimum atomic E-state index is -0.586. The first-order valence-electron chi connectivity index (χ1n) is 8.44. The lowest BCUT2D eigenvalue weighted by molar-refractivity contribution is 0.106. The second-order valence-corrected chi connectivity index (χ2v) is 6.67. The summed E-state index contributed by atoms with van der Waals surface area (Å²) in [4.78, 5) is 11.6. The first-order valence-corrected chi connectivity index (χ1v) is 8.44. The van der Waals surface area contributed by atoms with Gasteiger partial charge in [-0.15, -0.1) is 12.4 Å². The van der Waals surface area contributed by atoms with Crippen LogP contribution in [0.3, 0.4) is 0 Å². The molecule has 0 saturated heterocycles. The standard InChI is InChI=1S/C19H27NO4.ClH/c1-12(2)7-8-20-10-15(21)11-23-17-6-5-16-13(3)9-18(22)24-19(16)14(17)4;/h5-6,9,12,15,20-21H,7-8,10-11H2,1-4H3;1H/t15-;/m0./s1. The molecule has 1 aromatic heterocycles. The van der Waals surface area contributed by atoms with Gasteiger partial charge in [0.15, 0.2) is 0 Å². The fourth-order valence-corrected chi connectivity index (χ4v) is 2.56. The summed E-state index contributed by atoms with van der Waals surface area (Å²) in [6.45, 7) is 9.64. The number of ether oxygens (including phenoxy) is 1. The molecule has 0 bridgehead atoms. The van der Waals surface area contributed by atoms with Crippen LogP contribution in [0.2, 0.25) is 0 Å². The van der Waals surface area contributed by atoms with Crippen LogP contribution in [0.25, 0.3) is 11.0 Å². The van der Waals surface area contributed by atoms with Crippen LogP contribution in [0.4, 0.5) is 0 Å². The number of aliphatic hydroxyl groups is 1. The second kappa shape index (κ2) is 9.80. The Morgan fingerprint density at radius 3 is 2.68 bits per heavy atom. The van der Waals surface area contributed by atoms with Crippen LogP contribution in [0, 0.1) is 19.8 Å². The Hall–Kier alpha value is -1.56. The van der Waals surface area contributed by atoms with Gasteiger partial charge >= 0.3 is 5.63 Å². The molecule has 6 heteroatoms. The van der Waals surface area contributed by atoms with Gasteiger partial charge in [-0.3, -0.25) is 0 Å². The Morgan fingerprint density at radius 2 is 2.00 bits per heavy atom. The largest absolute Gasteiger partial charge is 0.490 e. The molecule has 0 spiro atoms. The second-order valence-electron chi connectivity index (χ2n) is 6.67. The lowest BCUT2D eigenvalue weighted by Gasteiger charge is -2.15. The first kappa shape index (κ1) is 21.5. The van der Waals surface area contributed by atoms with Crippen LogP contribution in [0.1, 0.15) is 31.4 Å². The number of hydrogen-bond donors (Lipinski definition) is 2. The van der Waals surface area contributed by atoms with E-state index in [-0.39, 0.29) is 24.6 Å². The summed E-state index contributed by atoms with van der Waals surface area (Å²) >= 11 is 0. The van der Waals surface area contributed by atoms with Crippen molar-refractivity contribution in [2.45, 2.75) is 40.2 Å². The van der Waals surface area contributed by atoms with Crippen LogP contribution < -0.4 is 15.7 Å². The van der Waals surface area contributed by atoms with Crippen LogP contribution in [-0.2, 0) is 0 Å². The number of aryl methyl sites for hydroxylation is 2. The van der Waals surface area contributed by atoms with Gasteiger partial charge in [0.25, 0.3) is 0 Å². The van der Waals surface area contributed by atoms with E-state index in [0.29, 0.717) is 23.8 Å². The smallest absolute Gasteiger partial charge is 0.336 e. The molecular weight excluding hydrogens is 342 g/mol. The van der Waals surface area contributed by atoms with Crippen molar-refractivity contribution >= 4 is 23.4 Å². The summed E-state index contributed by atoms with van der Waals surface area (Å²) in [6.07, 6.45) is 0.493. The molecule has 0 aliphatic heterocycles. The minimum absolute atomic E-state index is 0. The highest BCUT2D eigenvalue weighted by Gasteiger charge is 2.12. The SMILES string of the molecule is Cc1cc(=O)oc2c(C)c(OC[C@@H](O)CNCCC(C)C)ccc12.Cl. The molecule has 5 nitrogen and oxygen atoms in total. The van der Waals surface area contributed by atoms with E-state index in [2.05, 4.69) is 19.2 Å². The lowest BCUT2D eigenvalue weighted by atomic mass is 10.1. The molecule has 0 aliphatic rings. The van der Waals surface area contributed by atoms with Crippen LogP contribution in [-0.4, -0.2) is 30.9 Å². The molecule has 140 valence electrons. The minimum Gasteiger partial charge on any atom is -0.490 e. The van der Waals surface area contributed by atoms with E-state index in [1.165, 1.54) is 6.07 Å². The highest BCUT2D eigenvalue weighted by atomic mass is 35.5. The van der Waals surface area contributed by atoms with Gasteiger partial charge in [0.2, 0.25) is 0 Å². The maximum Gasteiger partial charge on any atom is 0.336 e. The van der Waals surface area contributed by atoms with Crippen LogP contribution in [0.5, 0.6) is 5.75 Å². The number of benzene rings is 1. The van der Waals surface area contributed by atoms with Crippen molar-refractivity contribution in [2.75, 3.05) is 19.7 Å². The van der Waals surface area contributed by atoms with Gasteiger partial charge in [-0.25, -0.2) is 4.79 Å². The predicted molar refractivity (Wildman–Crippen MR) is 103 cm³/mol. The zero-order valence-electron chi connectivity index (χ0n) is 15.3. The third kappa shape index (κ3) is 6.03. The third-order valence-electron chi connectivity index (χ3n) is 4.03. The summed E-state index contributed by atoms with van der Waals surface area (Å²) < 4.78 is 11.0. The van der Waals surface area contributed by atoms with E-state index in [1.807, 2.05) is 26.0 Å². The highest BCUT2D eigenvalue weighted by molar-refractivity contribution is 5.85. The van der Waals surface area contributed by atoms with Crippen molar-refractivity contribution in [3.63, 3.8) is 0 Å². The van der Waals surface area contributed by atoms with E-state index >= 15 is 0 Å². The maximum absolute atomic E-state index is 11.6.